The van der Waals surface area contributed by atoms with Crippen LogP contribution >= 0.6 is 0 Å². The Balaban J connectivity index is 2.02. The number of hydrogen-bond donors (Lipinski definition) is 1. The molecule has 0 spiro atoms. The average Bonchev–Trinajstić information content (AvgIpc) is 2.94. The molecule has 0 aromatic heterocycles. The second-order valence-electron chi connectivity index (χ2n) is 5.27. The first-order valence-electron chi connectivity index (χ1n) is 7.43. The van der Waals surface area contributed by atoms with Crippen LogP contribution in [0.1, 0.15) is 39.5 Å². The van der Waals surface area contributed by atoms with E-state index in [1.807, 2.05) is 0 Å². The molecule has 0 aliphatic carbocycles. The second kappa shape index (κ2) is 6.67. The molecule has 2 nitrogen and oxygen atoms in total. The molecule has 18 heavy (non-hydrogen) atoms. The molecule has 1 aliphatic heterocycles. The van der Waals surface area contributed by atoms with Gasteiger partial charge in [0.15, 0.2) is 0 Å². The molecule has 1 N–H and O–H groups in total. The maximum absolute atomic E-state index is 3.65. The summed E-state index contributed by atoms with van der Waals surface area (Å²) in [5, 5.41) is 3.65. The molecule has 2 rings (SSSR count). The molecule has 0 unspecified atom stereocenters. The van der Waals surface area contributed by atoms with E-state index in [1.165, 1.54) is 50.1 Å². The first-order valence-corrected chi connectivity index (χ1v) is 7.43. The molecule has 0 bridgehead atoms. The van der Waals surface area contributed by atoms with Gasteiger partial charge in [-0.2, -0.15) is 0 Å². The van der Waals surface area contributed by atoms with Gasteiger partial charge in [0.25, 0.3) is 0 Å². The van der Waals surface area contributed by atoms with E-state index in [0.29, 0.717) is 0 Å². The maximum Gasteiger partial charge on any atom is 0.0602 e. The molecule has 0 amide bonds. The Labute approximate surface area is 111 Å². The standard InChI is InChI=1S/C16H26N2/c1-3-14(4-2)13-17-15-9-5-6-10-16(15)18-11-7-8-12-18/h5-6,9-10,14,17H,3-4,7-8,11-13H2,1-2H3. The van der Waals surface area contributed by atoms with Crippen LogP contribution in [-0.4, -0.2) is 19.6 Å². The Kier molecular flexibility index (Phi) is 4.91. The zero-order valence-electron chi connectivity index (χ0n) is 11.8. The van der Waals surface area contributed by atoms with Gasteiger partial charge in [-0.1, -0.05) is 38.8 Å². The molecule has 1 aromatic carbocycles. The van der Waals surface area contributed by atoms with E-state index in [2.05, 4.69) is 48.3 Å². The maximum atomic E-state index is 3.65. The highest BCUT2D eigenvalue weighted by molar-refractivity contribution is 5.70. The highest BCUT2D eigenvalue weighted by atomic mass is 15.2. The number of rotatable bonds is 6. The quantitative estimate of drug-likeness (QED) is 0.811. The fourth-order valence-electron chi connectivity index (χ4n) is 2.69. The minimum atomic E-state index is 0.789. The van der Waals surface area contributed by atoms with Crippen LogP contribution < -0.4 is 10.2 Å². The van der Waals surface area contributed by atoms with Crippen molar-refractivity contribution in [2.45, 2.75) is 39.5 Å². The zero-order valence-corrected chi connectivity index (χ0v) is 11.8. The molecule has 1 fully saturated rings. The molecular weight excluding hydrogens is 220 g/mol. The van der Waals surface area contributed by atoms with Gasteiger partial charge in [-0.25, -0.2) is 0 Å². The lowest BCUT2D eigenvalue weighted by molar-refractivity contribution is 0.519. The molecule has 1 saturated heterocycles. The van der Waals surface area contributed by atoms with Crippen molar-refractivity contribution >= 4 is 11.4 Å². The summed E-state index contributed by atoms with van der Waals surface area (Å²) in [4.78, 5) is 2.51. The molecule has 1 aliphatic rings. The molecule has 1 heterocycles. The van der Waals surface area contributed by atoms with Crippen molar-refractivity contribution in [3.63, 3.8) is 0 Å². The van der Waals surface area contributed by atoms with Gasteiger partial charge in [0.1, 0.15) is 0 Å². The Morgan fingerprint density at radius 2 is 1.78 bits per heavy atom. The van der Waals surface area contributed by atoms with Crippen molar-refractivity contribution < 1.29 is 0 Å². The Hall–Kier alpha value is -1.18. The minimum Gasteiger partial charge on any atom is -0.383 e. The van der Waals surface area contributed by atoms with E-state index in [0.717, 1.165) is 12.5 Å². The summed E-state index contributed by atoms with van der Waals surface area (Å²) in [6.07, 6.45) is 5.19. The van der Waals surface area contributed by atoms with Gasteiger partial charge in [-0.3, -0.25) is 0 Å². The van der Waals surface area contributed by atoms with Crippen LogP contribution in [0.5, 0.6) is 0 Å². The SMILES string of the molecule is CCC(CC)CNc1ccccc1N1CCCC1. The molecule has 100 valence electrons. The molecule has 0 atom stereocenters. The smallest absolute Gasteiger partial charge is 0.0602 e. The Morgan fingerprint density at radius 1 is 1.11 bits per heavy atom. The van der Waals surface area contributed by atoms with Crippen LogP contribution in [-0.2, 0) is 0 Å². The van der Waals surface area contributed by atoms with Gasteiger partial charge in [0, 0.05) is 19.6 Å². The van der Waals surface area contributed by atoms with Crippen LogP contribution in [0.25, 0.3) is 0 Å². The molecule has 1 aromatic rings. The summed E-state index contributed by atoms with van der Waals surface area (Å²) in [5.41, 5.74) is 2.70. The lowest BCUT2D eigenvalue weighted by Crippen LogP contribution is -2.20. The number of para-hydroxylation sites is 2. The summed E-state index contributed by atoms with van der Waals surface area (Å²) in [7, 11) is 0. The molecular formula is C16H26N2. The van der Waals surface area contributed by atoms with Gasteiger partial charge in [-0.05, 0) is 30.9 Å². The lowest BCUT2D eigenvalue weighted by Gasteiger charge is -2.23. The average molecular weight is 246 g/mol. The van der Waals surface area contributed by atoms with Crippen molar-refractivity contribution in [2.24, 2.45) is 5.92 Å². The van der Waals surface area contributed by atoms with Crippen LogP contribution in [0.4, 0.5) is 11.4 Å². The van der Waals surface area contributed by atoms with Crippen molar-refractivity contribution in [1.29, 1.82) is 0 Å². The summed E-state index contributed by atoms with van der Waals surface area (Å²) < 4.78 is 0. The van der Waals surface area contributed by atoms with E-state index in [9.17, 15) is 0 Å². The molecule has 0 radical (unpaired) electrons. The second-order valence-corrected chi connectivity index (χ2v) is 5.27. The number of nitrogens with zero attached hydrogens (tertiary/aromatic N) is 1. The van der Waals surface area contributed by atoms with Crippen LogP contribution in [0, 0.1) is 5.92 Å². The van der Waals surface area contributed by atoms with Gasteiger partial charge in [0.05, 0.1) is 11.4 Å². The lowest BCUT2D eigenvalue weighted by atomic mass is 10.0. The van der Waals surface area contributed by atoms with Gasteiger partial charge in [-0.15, -0.1) is 0 Å². The number of hydrogen-bond acceptors (Lipinski definition) is 2. The topological polar surface area (TPSA) is 15.3 Å². The molecule has 0 saturated carbocycles. The Morgan fingerprint density at radius 3 is 2.44 bits per heavy atom. The van der Waals surface area contributed by atoms with Gasteiger partial charge >= 0.3 is 0 Å². The van der Waals surface area contributed by atoms with Crippen LogP contribution in [0.3, 0.4) is 0 Å². The van der Waals surface area contributed by atoms with Gasteiger partial charge < -0.3 is 10.2 Å². The summed E-state index contributed by atoms with van der Waals surface area (Å²) in [5.74, 6) is 0.789. The van der Waals surface area contributed by atoms with E-state index in [-0.39, 0.29) is 0 Å². The van der Waals surface area contributed by atoms with Crippen LogP contribution in [0.2, 0.25) is 0 Å². The number of anilines is 2. The van der Waals surface area contributed by atoms with E-state index in [4.69, 9.17) is 0 Å². The molecule has 2 heteroatoms. The third-order valence-corrected chi connectivity index (χ3v) is 4.09. The first-order chi connectivity index (χ1) is 8.85. The van der Waals surface area contributed by atoms with E-state index in [1.54, 1.807) is 0 Å². The highest BCUT2D eigenvalue weighted by Gasteiger charge is 2.15. The van der Waals surface area contributed by atoms with Crippen molar-refractivity contribution in [3.8, 4) is 0 Å². The van der Waals surface area contributed by atoms with Crippen LogP contribution in [0.15, 0.2) is 24.3 Å². The number of benzene rings is 1. The van der Waals surface area contributed by atoms with Gasteiger partial charge in [0.2, 0.25) is 0 Å². The predicted octanol–water partition coefficient (Wildman–Crippen LogP) is 4.13. The van der Waals surface area contributed by atoms with Crippen molar-refractivity contribution in [2.75, 3.05) is 29.9 Å². The normalized spacial score (nSPS) is 15.4. The predicted molar refractivity (Wildman–Crippen MR) is 80.5 cm³/mol. The Bertz CT molecular complexity index is 352. The zero-order chi connectivity index (χ0) is 12.8. The fourth-order valence-corrected chi connectivity index (χ4v) is 2.69. The van der Waals surface area contributed by atoms with Crippen molar-refractivity contribution in [3.05, 3.63) is 24.3 Å². The first kappa shape index (κ1) is 13.3. The monoisotopic (exact) mass is 246 g/mol. The third-order valence-electron chi connectivity index (χ3n) is 4.09. The fraction of sp³-hybridized carbons (Fsp3) is 0.625. The summed E-state index contributed by atoms with van der Waals surface area (Å²) >= 11 is 0. The third kappa shape index (κ3) is 3.18. The van der Waals surface area contributed by atoms with Crippen molar-refractivity contribution in [1.82, 2.24) is 0 Å². The largest absolute Gasteiger partial charge is 0.383 e. The minimum absolute atomic E-state index is 0.789. The summed E-state index contributed by atoms with van der Waals surface area (Å²) in [6, 6.07) is 8.75. The van der Waals surface area contributed by atoms with E-state index < -0.39 is 0 Å². The summed E-state index contributed by atoms with van der Waals surface area (Å²) in [6.45, 7) is 8.08. The van der Waals surface area contributed by atoms with E-state index >= 15 is 0 Å². The highest BCUT2D eigenvalue weighted by Crippen LogP contribution is 2.28. The number of nitrogens with one attached hydrogen (secondary N) is 1.